The number of carbonyl (C=O) groups excluding carboxylic acids is 3. The average molecular weight is 592 g/mol. The number of para-hydroxylation sites is 1. The van der Waals surface area contributed by atoms with E-state index in [1.807, 2.05) is 54.7 Å². The second kappa shape index (κ2) is 8.78. The molecule has 9 heteroatoms. The van der Waals surface area contributed by atoms with Gasteiger partial charge in [0.1, 0.15) is 16.6 Å². The summed E-state index contributed by atoms with van der Waals surface area (Å²) in [5.41, 5.74) is 0.214. The van der Waals surface area contributed by atoms with E-state index in [1.54, 1.807) is 37.6 Å². The Morgan fingerprint density at radius 3 is 2.44 bits per heavy atom. The Morgan fingerprint density at radius 2 is 1.74 bits per heavy atom. The van der Waals surface area contributed by atoms with E-state index in [0.717, 1.165) is 32.2 Å². The average Bonchev–Trinajstić information content (AvgIpc) is 3.64. The van der Waals surface area contributed by atoms with Crippen LogP contribution in [0.1, 0.15) is 44.9 Å². The quantitative estimate of drug-likeness (QED) is 0.426. The molecule has 0 atom stereocenters. The number of hydrogen-bond donors (Lipinski definition) is 0. The Kier molecular flexibility index (Phi) is 5.81. The number of benzene rings is 2. The summed E-state index contributed by atoms with van der Waals surface area (Å²) in [5.74, 6) is -0.149. The van der Waals surface area contributed by atoms with Crippen molar-refractivity contribution in [3.05, 3.63) is 70.5 Å². The number of carbonyl (C=O) groups is 3. The number of ether oxygens (including phenoxy) is 1. The lowest BCUT2D eigenvalue weighted by Crippen LogP contribution is -2.68. The standard InChI is InChI=1S/C30H31BrN4O4/c1-28(2,3)39-27(38)33(4)30(13-14-30)26(37)34-17-29(18-34)21-11-7-8-12-23(21)35(25(29)36)16-22-24(31)20-10-6-5-9-19(20)15-32-22/h5-12,15H,13-14,16-18H2,1-4H3. The number of nitrogens with zero attached hydrogens (tertiary/aromatic N) is 4. The van der Waals surface area contributed by atoms with Gasteiger partial charge in [0, 0.05) is 41.9 Å². The minimum Gasteiger partial charge on any atom is -0.444 e. The molecule has 0 unspecified atom stereocenters. The third-order valence-corrected chi connectivity index (χ3v) is 9.01. The van der Waals surface area contributed by atoms with Crippen LogP contribution >= 0.6 is 15.9 Å². The molecule has 0 N–H and O–H groups in total. The van der Waals surface area contributed by atoms with E-state index in [-0.39, 0.29) is 24.9 Å². The van der Waals surface area contributed by atoms with Crippen molar-refractivity contribution < 1.29 is 19.1 Å². The molecule has 2 aliphatic heterocycles. The second-order valence-corrected chi connectivity index (χ2v) is 12.6. The van der Waals surface area contributed by atoms with Crippen LogP contribution < -0.4 is 4.90 Å². The van der Waals surface area contributed by atoms with Gasteiger partial charge in [-0.2, -0.15) is 0 Å². The second-order valence-electron chi connectivity index (χ2n) is 11.8. The summed E-state index contributed by atoms with van der Waals surface area (Å²) in [6.07, 6.45) is 2.50. The molecule has 2 aromatic carbocycles. The molecule has 3 amide bonds. The maximum Gasteiger partial charge on any atom is 0.410 e. The monoisotopic (exact) mass is 590 g/mol. The van der Waals surface area contributed by atoms with E-state index in [2.05, 4.69) is 20.9 Å². The van der Waals surface area contributed by atoms with Gasteiger partial charge in [0.2, 0.25) is 11.8 Å². The van der Waals surface area contributed by atoms with Crippen LogP contribution in [0.2, 0.25) is 0 Å². The van der Waals surface area contributed by atoms with Gasteiger partial charge < -0.3 is 14.5 Å². The maximum atomic E-state index is 14.0. The first-order valence-electron chi connectivity index (χ1n) is 13.2. The van der Waals surface area contributed by atoms with Crippen molar-refractivity contribution >= 4 is 50.3 Å². The molecular weight excluding hydrogens is 560 g/mol. The predicted molar refractivity (Wildman–Crippen MR) is 151 cm³/mol. The highest BCUT2D eigenvalue weighted by Crippen LogP contribution is 2.51. The van der Waals surface area contributed by atoms with Crippen molar-refractivity contribution in [3.8, 4) is 0 Å². The molecule has 8 nitrogen and oxygen atoms in total. The molecule has 0 radical (unpaired) electrons. The molecule has 202 valence electrons. The molecule has 39 heavy (non-hydrogen) atoms. The van der Waals surface area contributed by atoms with E-state index < -0.39 is 22.6 Å². The van der Waals surface area contributed by atoms with Crippen LogP contribution in [-0.2, 0) is 26.3 Å². The molecule has 3 aromatic rings. The molecule has 3 aliphatic rings. The van der Waals surface area contributed by atoms with Gasteiger partial charge in [-0.1, -0.05) is 42.5 Å². The number of halogens is 1. The fraction of sp³-hybridized carbons (Fsp3) is 0.400. The molecule has 1 aliphatic carbocycles. The summed E-state index contributed by atoms with van der Waals surface area (Å²) in [6, 6.07) is 15.8. The molecule has 0 bridgehead atoms. The van der Waals surface area contributed by atoms with E-state index in [9.17, 15) is 14.4 Å². The molecule has 1 aromatic heterocycles. The summed E-state index contributed by atoms with van der Waals surface area (Å²) >= 11 is 3.71. The lowest BCUT2D eigenvalue weighted by molar-refractivity contribution is -0.149. The number of aromatic nitrogens is 1. The van der Waals surface area contributed by atoms with Gasteiger partial charge >= 0.3 is 6.09 Å². The van der Waals surface area contributed by atoms with Crippen molar-refractivity contribution in [1.29, 1.82) is 0 Å². The van der Waals surface area contributed by atoms with Gasteiger partial charge in [0.15, 0.2) is 0 Å². The van der Waals surface area contributed by atoms with Crippen molar-refractivity contribution in [2.24, 2.45) is 0 Å². The van der Waals surface area contributed by atoms with Crippen LogP contribution in [0.25, 0.3) is 10.8 Å². The summed E-state index contributed by atoms with van der Waals surface area (Å²) in [7, 11) is 1.63. The highest BCUT2D eigenvalue weighted by atomic mass is 79.9. The number of amides is 3. The Labute approximate surface area is 236 Å². The van der Waals surface area contributed by atoms with Crippen LogP contribution in [0, 0.1) is 0 Å². The minimum atomic E-state index is -0.898. The van der Waals surface area contributed by atoms with Crippen LogP contribution in [0.5, 0.6) is 0 Å². The predicted octanol–water partition coefficient (Wildman–Crippen LogP) is 5.02. The van der Waals surface area contributed by atoms with Crippen molar-refractivity contribution in [2.45, 2.75) is 56.7 Å². The molecular formula is C30H31BrN4O4. The number of rotatable bonds is 4. The smallest absolute Gasteiger partial charge is 0.410 e. The Balaban J connectivity index is 1.24. The normalized spacial score (nSPS) is 18.6. The first kappa shape index (κ1) is 25.8. The zero-order valence-electron chi connectivity index (χ0n) is 22.5. The van der Waals surface area contributed by atoms with Crippen molar-refractivity contribution in [1.82, 2.24) is 14.8 Å². The lowest BCUT2D eigenvalue weighted by atomic mass is 9.74. The summed E-state index contributed by atoms with van der Waals surface area (Å²) in [5, 5.41) is 2.07. The highest BCUT2D eigenvalue weighted by Gasteiger charge is 2.64. The fourth-order valence-corrected chi connectivity index (χ4v) is 6.44. The lowest BCUT2D eigenvalue weighted by Gasteiger charge is -2.48. The summed E-state index contributed by atoms with van der Waals surface area (Å²) in [6.45, 7) is 6.31. The third kappa shape index (κ3) is 4.01. The van der Waals surface area contributed by atoms with Gasteiger partial charge in [0.05, 0.1) is 12.2 Å². The van der Waals surface area contributed by atoms with Gasteiger partial charge in [-0.25, -0.2) is 4.79 Å². The molecule has 2 fully saturated rings. The fourth-order valence-electron chi connectivity index (χ4n) is 5.85. The van der Waals surface area contributed by atoms with Crippen molar-refractivity contribution in [3.63, 3.8) is 0 Å². The van der Waals surface area contributed by atoms with Crippen LogP contribution in [0.15, 0.2) is 59.2 Å². The van der Waals surface area contributed by atoms with E-state index in [0.29, 0.717) is 19.4 Å². The van der Waals surface area contributed by atoms with Crippen molar-refractivity contribution in [2.75, 3.05) is 25.0 Å². The number of anilines is 1. The maximum absolute atomic E-state index is 14.0. The SMILES string of the molecule is CN(C(=O)OC(C)(C)C)C1(C(=O)N2CC3(C2)C(=O)N(Cc2ncc4ccccc4c2Br)c2ccccc23)CC1. The molecule has 1 spiro atoms. The number of hydrogen-bond acceptors (Lipinski definition) is 5. The zero-order chi connectivity index (χ0) is 27.7. The summed E-state index contributed by atoms with van der Waals surface area (Å²) in [4.78, 5) is 50.0. The number of likely N-dealkylation sites (N-methyl/N-ethyl adjacent to an activating group) is 1. The summed E-state index contributed by atoms with van der Waals surface area (Å²) < 4.78 is 6.39. The zero-order valence-corrected chi connectivity index (χ0v) is 24.1. The van der Waals surface area contributed by atoms with E-state index in [4.69, 9.17) is 4.74 Å². The van der Waals surface area contributed by atoms with Gasteiger partial charge in [-0.15, -0.1) is 0 Å². The number of fused-ring (bicyclic) bond motifs is 3. The number of likely N-dealkylation sites (tertiary alicyclic amines) is 1. The highest BCUT2D eigenvalue weighted by molar-refractivity contribution is 9.10. The minimum absolute atomic E-state index is 0.0278. The Morgan fingerprint density at radius 1 is 1.08 bits per heavy atom. The number of pyridine rings is 1. The van der Waals surface area contributed by atoms with E-state index >= 15 is 0 Å². The molecule has 1 saturated heterocycles. The largest absolute Gasteiger partial charge is 0.444 e. The molecule has 3 heterocycles. The van der Waals surface area contributed by atoms with Crippen LogP contribution in [0.3, 0.4) is 0 Å². The third-order valence-electron chi connectivity index (χ3n) is 8.12. The Hall–Kier alpha value is -3.46. The first-order valence-corrected chi connectivity index (χ1v) is 14.0. The topological polar surface area (TPSA) is 83.0 Å². The van der Waals surface area contributed by atoms with Gasteiger partial charge in [-0.05, 0) is 66.6 Å². The molecule has 1 saturated carbocycles. The Bertz CT molecular complexity index is 1520. The first-order chi connectivity index (χ1) is 18.5. The van der Waals surface area contributed by atoms with E-state index in [1.165, 1.54) is 4.90 Å². The van der Waals surface area contributed by atoms with Crippen LogP contribution in [-0.4, -0.2) is 64.0 Å². The van der Waals surface area contributed by atoms with Crippen LogP contribution in [0.4, 0.5) is 10.5 Å². The van der Waals surface area contributed by atoms with Gasteiger partial charge in [0.25, 0.3) is 0 Å². The molecule has 6 rings (SSSR count). The van der Waals surface area contributed by atoms with Gasteiger partial charge in [-0.3, -0.25) is 19.5 Å².